The summed E-state index contributed by atoms with van der Waals surface area (Å²) in [7, 11) is -3.76. The van der Waals surface area contributed by atoms with E-state index in [2.05, 4.69) is 4.72 Å². The molecule has 110 valence electrons. The quantitative estimate of drug-likeness (QED) is 0.689. The van der Waals surface area contributed by atoms with E-state index in [4.69, 9.17) is 11.6 Å². The molecular formula is C13H11ClN2O4S. The molecule has 0 unspecified atom stereocenters. The molecule has 0 aromatic heterocycles. The molecule has 2 rings (SSSR count). The van der Waals surface area contributed by atoms with Crippen molar-refractivity contribution in [2.45, 2.75) is 11.8 Å². The van der Waals surface area contributed by atoms with Gasteiger partial charge in [0.1, 0.15) is 5.02 Å². The summed E-state index contributed by atoms with van der Waals surface area (Å²) in [5, 5.41) is 10.5. The summed E-state index contributed by atoms with van der Waals surface area (Å²) in [5.41, 5.74) is 0.813. The summed E-state index contributed by atoms with van der Waals surface area (Å²) in [5.74, 6) is 0. The number of sulfonamides is 1. The summed E-state index contributed by atoms with van der Waals surface area (Å²) in [6, 6.07) is 9.95. The number of nitrogens with one attached hydrogen (secondary N) is 1. The van der Waals surface area contributed by atoms with Crippen molar-refractivity contribution < 1.29 is 13.3 Å². The maximum absolute atomic E-state index is 12.2. The van der Waals surface area contributed by atoms with Crippen molar-refractivity contribution in [1.82, 2.24) is 0 Å². The van der Waals surface area contributed by atoms with E-state index in [1.54, 1.807) is 12.1 Å². The van der Waals surface area contributed by atoms with E-state index in [1.165, 1.54) is 24.3 Å². The Hall–Kier alpha value is -2.12. The van der Waals surface area contributed by atoms with Crippen molar-refractivity contribution in [3.05, 3.63) is 63.2 Å². The predicted molar refractivity (Wildman–Crippen MR) is 80.1 cm³/mol. The zero-order chi connectivity index (χ0) is 15.6. The van der Waals surface area contributed by atoms with Gasteiger partial charge in [-0.25, -0.2) is 8.42 Å². The third-order valence-electron chi connectivity index (χ3n) is 2.73. The molecule has 0 fully saturated rings. The molecule has 0 aliphatic rings. The van der Waals surface area contributed by atoms with E-state index >= 15 is 0 Å². The minimum Gasteiger partial charge on any atom is -0.280 e. The van der Waals surface area contributed by atoms with Gasteiger partial charge in [0.2, 0.25) is 0 Å². The van der Waals surface area contributed by atoms with Crippen molar-refractivity contribution in [3.8, 4) is 0 Å². The van der Waals surface area contributed by atoms with Crippen molar-refractivity contribution in [1.29, 1.82) is 0 Å². The van der Waals surface area contributed by atoms with Crippen LogP contribution in [0.4, 0.5) is 11.4 Å². The van der Waals surface area contributed by atoms with Gasteiger partial charge in [0.05, 0.1) is 15.5 Å². The Morgan fingerprint density at radius 3 is 2.29 bits per heavy atom. The van der Waals surface area contributed by atoms with Crippen molar-refractivity contribution >= 4 is 33.0 Å². The van der Waals surface area contributed by atoms with Crippen LogP contribution in [-0.2, 0) is 10.0 Å². The van der Waals surface area contributed by atoms with Gasteiger partial charge in [0, 0.05) is 6.07 Å². The van der Waals surface area contributed by atoms with E-state index in [9.17, 15) is 18.5 Å². The Morgan fingerprint density at radius 2 is 1.76 bits per heavy atom. The Kier molecular flexibility index (Phi) is 4.15. The van der Waals surface area contributed by atoms with Gasteiger partial charge in [-0.3, -0.25) is 14.8 Å². The Morgan fingerprint density at radius 1 is 1.14 bits per heavy atom. The predicted octanol–water partition coefficient (Wildman–Crippen LogP) is 3.36. The molecule has 2 aromatic carbocycles. The second-order valence-corrected chi connectivity index (χ2v) is 6.43. The molecular weight excluding hydrogens is 316 g/mol. The first kappa shape index (κ1) is 15.3. The van der Waals surface area contributed by atoms with E-state index < -0.39 is 14.9 Å². The van der Waals surface area contributed by atoms with Crippen LogP contribution in [0.25, 0.3) is 0 Å². The summed E-state index contributed by atoms with van der Waals surface area (Å²) < 4.78 is 26.6. The normalized spacial score (nSPS) is 11.1. The molecule has 1 N–H and O–H groups in total. The van der Waals surface area contributed by atoms with Gasteiger partial charge in [-0.2, -0.15) is 0 Å². The minimum atomic E-state index is -3.76. The fraction of sp³-hybridized carbons (Fsp3) is 0.0769. The number of nitro benzene ring substituents is 1. The molecule has 0 saturated heterocycles. The lowest BCUT2D eigenvalue weighted by molar-refractivity contribution is -0.384. The van der Waals surface area contributed by atoms with Gasteiger partial charge >= 0.3 is 0 Å². The van der Waals surface area contributed by atoms with Gasteiger partial charge < -0.3 is 0 Å². The van der Waals surface area contributed by atoms with Crippen LogP contribution >= 0.6 is 11.6 Å². The minimum absolute atomic E-state index is 0.0996. The molecule has 0 aliphatic carbocycles. The molecule has 8 heteroatoms. The molecule has 21 heavy (non-hydrogen) atoms. The molecule has 0 bridgehead atoms. The lowest BCUT2D eigenvalue weighted by Gasteiger charge is -2.08. The van der Waals surface area contributed by atoms with Crippen LogP contribution in [0.2, 0.25) is 5.02 Å². The second-order valence-electron chi connectivity index (χ2n) is 4.34. The molecule has 0 spiro atoms. The fourth-order valence-corrected chi connectivity index (χ4v) is 2.95. The lowest BCUT2D eigenvalue weighted by atomic mass is 10.2. The highest BCUT2D eigenvalue weighted by Crippen LogP contribution is 2.28. The van der Waals surface area contributed by atoms with Crippen molar-refractivity contribution in [3.63, 3.8) is 0 Å². The van der Waals surface area contributed by atoms with Crippen molar-refractivity contribution in [2.75, 3.05) is 4.72 Å². The highest BCUT2D eigenvalue weighted by molar-refractivity contribution is 7.92. The van der Waals surface area contributed by atoms with Crippen LogP contribution in [0.3, 0.4) is 0 Å². The maximum Gasteiger partial charge on any atom is 0.288 e. The SMILES string of the molecule is Cc1ccc(S(=O)(=O)Nc2ccc([N+](=O)[O-])c(Cl)c2)cc1. The Balaban J connectivity index is 2.31. The maximum atomic E-state index is 12.2. The molecule has 0 aliphatic heterocycles. The van der Waals surface area contributed by atoms with Gasteiger partial charge in [0.25, 0.3) is 15.7 Å². The van der Waals surface area contributed by atoms with E-state index in [0.717, 1.165) is 11.6 Å². The number of hydrogen-bond donors (Lipinski definition) is 1. The van der Waals surface area contributed by atoms with Gasteiger partial charge in [-0.15, -0.1) is 0 Å². The van der Waals surface area contributed by atoms with Crippen molar-refractivity contribution in [2.24, 2.45) is 0 Å². The molecule has 0 heterocycles. The van der Waals surface area contributed by atoms with Gasteiger partial charge in [-0.05, 0) is 31.2 Å². The summed E-state index contributed by atoms with van der Waals surface area (Å²) >= 11 is 5.74. The summed E-state index contributed by atoms with van der Waals surface area (Å²) in [6.45, 7) is 1.85. The van der Waals surface area contributed by atoms with Crippen LogP contribution in [0.5, 0.6) is 0 Å². The smallest absolute Gasteiger partial charge is 0.280 e. The zero-order valence-electron chi connectivity index (χ0n) is 10.9. The first-order valence-electron chi connectivity index (χ1n) is 5.83. The van der Waals surface area contributed by atoms with E-state index in [0.29, 0.717) is 0 Å². The number of hydrogen-bond acceptors (Lipinski definition) is 4. The number of halogens is 1. The average molecular weight is 327 g/mol. The summed E-state index contributed by atoms with van der Waals surface area (Å²) in [4.78, 5) is 10.1. The first-order chi connectivity index (χ1) is 9.79. The van der Waals surface area contributed by atoms with Gasteiger partial charge in [0.15, 0.2) is 0 Å². The number of aryl methyl sites for hydroxylation is 1. The molecule has 0 amide bonds. The number of anilines is 1. The van der Waals surface area contributed by atoms with Crippen LogP contribution in [0, 0.1) is 17.0 Å². The first-order valence-corrected chi connectivity index (χ1v) is 7.69. The largest absolute Gasteiger partial charge is 0.288 e. The highest BCUT2D eigenvalue weighted by Gasteiger charge is 2.17. The average Bonchev–Trinajstić information content (AvgIpc) is 2.38. The molecule has 0 atom stereocenters. The third kappa shape index (κ3) is 3.50. The van der Waals surface area contributed by atoms with Crippen LogP contribution < -0.4 is 4.72 Å². The topological polar surface area (TPSA) is 89.3 Å². The highest BCUT2D eigenvalue weighted by atomic mass is 35.5. The van der Waals surface area contributed by atoms with E-state index in [1.807, 2.05) is 6.92 Å². The standard InChI is InChI=1S/C13H11ClN2O4S/c1-9-2-5-11(6-3-9)21(19,20)15-10-4-7-13(16(17)18)12(14)8-10/h2-8,15H,1H3. The monoisotopic (exact) mass is 326 g/mol. The number of nitrogens with zero attached hydrogens (tertiary/aromatic N) is 1. The third-order valence-corrected chi connectivity index (χ3v) is 4.43. The Labute approximate surface area is 126 Å². The zero-order valence-corrected chi connectivity index (χ0v) is 12.5. The molecule has 0 radical (unpaired) electrons. The Bertz CT molecular complexity index is 788. The summed E-state index contributed by atoms with van der Waals surface area (Å²) in [6.07, 6.45) is 0. The van der Waals surface area contributed by atoms with E-state index in [-0.39, 0.29) is 21.3 Å². The number of benzene rings is 2. The number of rotatable bonds is 4. The van der Waals surface area contributed by atoms with Gasteiger partial charge in [-0.1, -0.05) is 29.3 Å². The lowest BCUT2D eigenvalue weighted by Crippen LogP contribution is -2.12. The fourth-order valence-electron chi connectivity index (χ4n) is 1.65. The second kappa shape index (κ2) is 5.71. The molecule has 2 aromatic rings. The van der Waals surface area contributed by atoms with Crippen LogP contribution in [0.15, 0.2) is 47.4 Å². The molecule has 0 saturated carbocycles. The number of nitro groups is 1. The van der Waals surface area contributed by atoms with Crippen LogP contribution in [0.1, 0.15) is 5.56 Å². The molecule has 6 nitrogen and oxygen atoms in total. The van der Waals surface area contributed by atoms with Crippen LogP contribution in [-0.4, -0.2) is 13.3 Å².